The van der Waals surface area contributed by atoms with Crippen LogP contribution in [0.5, 0.6) is 0 Å². The van der Waals surface area contributed by atoms with Crippen LogP contribution in [0.15, 0.2) is 15.9 Å². The number of nitrogens with zero attached hydrogens (tertiary/aromatic N) is 1. The third-order valence-corrected chi connectivity index (χ3v) is 4.76. The number of halogens is 2. The highest BCUT2D eigenvalue weighted by molar-refractivity contribution is 9.11. The quantitative estimate of drug-likeness (QED) is 0.734. The molecule has 0 N–H and O–H groups in total. The monoisotopic (exact) mass is 307 g/mol. The number of thiazole rings is 1. The molecule has 0 fully saturated rings. The summed E-state index contributed by atoms with van der Waals surface area (Å²) in [4.78, 5) is 6.82. The minimum atomic E-state index is 0.538. The van der Waals surface area contributed by atoms with E-state index in [2.05, 4.69) is 27.0 Å². The van der Waals surface area contributed by atoms with Gasteiger partial charge in [-0.15, -0.1) is 34.3 Å². The normalized spacial score (nSPS) is 10.8. The van der Waals surface area contributed by atoms with Crippen LogP contribution in [0, 0.1) is 6.92 Å². The fourth-order valence-electron chi connectivity index (χ4n) is 1.19. The molecule has 0 saturated heterocycles. The van der Waals surface area contributed by atoms with Gasteiger partial charge in [0, 0.05) is 4.88 Å². The summed E-state index contributed by atoms with van der Waals surface area (Å²) in [6, 6.07) is 4.10. The highest BCUT2D eigenvalue weighted by Crippen LogP contribution is 2.35. The fraction of sp³-hybridized carbons (Fsp3) is 0.222. The van der Waals surface area contributed by atoms with Gasteiger partial charge in [-0.25, -0.2) is 4.98 Å². The summed E-state index contributed by atoms with van der Waals surface area (Å²) < 4.78 is 1.12. The smallest absolute Gasteiger partial charge is 0.0958 e. The maximum atomic E-state index is 5.87. The number of hydrogen-bond acceptors (Lipinski definition) is 3. The first-order valence-corrected chi connectivity index (χ1v) is 6.94. The maximum Gasteiger partial charge on any atom is 0.0958 e. The molecule has 0 spiro atoms. The molecule has 2 aromatic rings. The third-order valence-electron chi connectivity index (χ3n) is 1.73. The molecule has 2 aromatic heterocycles. The molecular formula is C9H7BrClNS2. The Morgan fingerprint density at radius 3 is 2.79 bits per heavy atom. The van der Waals surface area contributed by atoms with Gasteiger partial charge in [-0.1, -0.05) is 0 Å². The van der Waals surface area contributed by atoms with E-state index in [1.54, 1.807) is 22.7 Å². The van der Waals surface area contributed by atoms with Crippen LogP contribution in [-0.2, 0) is 5.88 Å². The van der Waals surface area contributed by atoms with Gasteiger partial charge in [-0.3, -0.25) is 0 Å². The Labute approximate surface area is 104 Å². The van der Waals surface area contributed by atoms with Gasteiger partial charge in [0.25, 0.3) is 0 Å². The Kier molecular flexibility index (Phi) is 3.27. The Balaban J connectivity index is 2.49. The Morgan fingerprint density at radius 1 is 1.43 bits per heavy atom. The van der Waals surface area contributed by atoms with E-state index in [1.807, 2.05) is 13.0 Å². The number of thiophene rings is 1. The van der Waals surface area contributed by atoms with Gasteiger partial charge in [0.1, 0.15) is 0 Å². The maximum absolute atomic E-state index is 5.87. The van der Waals surface area contributed by atoms with Crippen molar-refractivity contribution in [2.24, 2.45) is 0 Å². The molecule has 74 valence electrons. The molecule has 0 aliphatic carbocycles. The average Bonchev–Trinajstić information content (AvgIpc) is 2.71. The van der Waals surface area contributed by atoms with Crippen LogP contribution in [0.1, 0.15) is 9.88 Å². The summed E-state index contributed by atoms with van der Waals surface area (Å²) in [7, 11) is 0. The van der Waals surface area contributed by atoms with Gasteiger partial charge in [0.2, 0.25) is 0 Å². The zero-order valence-electron chi connectivity index (χ0n) is 7.38. The van der Waals surface area contributed by atoms with Crippen LogP contribution < -0.4 is 0 Å². The van der Waals surface area contributed by atoms with E-state index in [-0.39, 0.29) is 0 Å². The second-order valence-electron chi connectivity index (χ2n) is 2.74. The van der Waals surface area contributed by atoms with Crippen molar-refractivity contribution in [2.75, 3.05) is 0 Å². The predicted octanol–water partition coefficient (Wildman–Crippen LogP) is 4.68. The lowest BCUT2D eigenvalue weighted by Gasteiger charge is -1.93. The van der Waals surface area contributed by atoms with Crippen molar-refractivity contribution < 1.29 is 0 Å². The largest absolute Gasteiger partial charge is 0.240 e. The van der Waals surface area contributed by atoms with Gasteiger partial charge in [0.05, 0.1) is 25.2 Å². The number of aryl methyl sites for hydroxylation is 1. The van der Waals surface area contributed by atoms with E-state index in [0.717, 1.165) is 19.4 Å². The summed E-state index contributed by atoms with van der Waals surface area (Å²) in [5, 5.41) is 1.07. The van der Waals surface area contributed by atoms with Crippen LogP contribution in [0.3, 0.4) is 0 Å². The van der Waals surface area contributed by atoms with Crippen LogP contribution in [-0.4, -0.2) is 4.98 Å². The molecule has 14 heavy (non-hydrogen) atoms. The van der Waals surface area contributed by atoms with Gasteiger partial charge >= 0.3 is 0 Å². The molecule has 0 atom stereocenters. The van der Waals surface area contributed by atoms with E-state index in [0.29, 0.717) is 5.88 Å². The molecule has 0 amide bonds. The zero-order valence-corrected chi connectivity index (χ0v) is 11.4. The highest BCUT2D eigenvalue weighted by Gasteiger charge is 2.11. The molecule has 2 rings (SSSR count). The first kappa shape index (κ1) is 10.6. The molecule has 0 bridgehead atoms. The number of aromatic nitrogens is 1. The van der Waals surface area contributed by atoms with Gasteiger partial charge < -0.3 is 0 Å². The van der Waals surface area contributed by atoms with Crippen molar-refractivity contribution in [3.8, 4) is 10.6 Å². The lowest BCUT2D eigenvalue weighted by Crippen LogP contribution is -1.77. The van der Waals surface area contributed by atoms with Crippen molar-refractivity contribution >= 4 is 50.2 Å². The van der Waals surface area contributed by atoms with Crippen LogP contribution in [0.2, 0.25) is 0 Å². The molecule has 5 heteroatoms. The molecule has 1 nitrogen and oxygen atoms in total. The lowest BCUT2D eigenvalue weighted by molar-refractivity contribution is 1.29. The third kappa shape index (κ3) is 2.03. The van der Waals surface area contributed by atoms with Crippen molar-refractivity contribution in [3.05, 3.63) is 25.8 Å². The second-order valence-corrected chi connectivity index (χ2v) is 6.76. The van der Waals surface area contributed by atoms with Crippen LogP contribution in [0.25, 0.3) is 10.6 Å². The van der Waals surface area contributed by atoms with E-state index in [4.69, 9.17) is 11.6 Å². The van der Waals surface area contributed by atoms with E-state index in [9.17, 15) is 0 Å². The molecule has 0 aromatic carbocycles. The standard InChI is InChI=1S/C9H7BrClNS2/c1-5-12-9(7(4-11)13-5)6-2-3-8(10)14-6/h2-3H,4H2,1H3. The summed E-state index contributed by atoms with van der Waals surface area (Å²) >= 11 is 12.7. The van der Waals surface area contributed by atoms with Crippen molar-refractivity contribution in [1.29, 1.82) is 0 Å². The summed E-state index contributed by atoms with van der Waals surface area (Å²) in [6.45, 7) is 2.01. The summed E-state index contributed by atoms with van der Waals surface area (Å²) in [5.41, 5.74) is 1.04. The second kappa shape index (κ2) is 4.31. The summed E-state index contributed by atoms with van der Waals surface area (Å²) in [6.07, 6.45) is 0. The molecule has 0 radical (unpaired) electrons. The average molecular weight is 309 g/mol. The molecule has 0 saturated carbocycles. The topological polar surface area (TPSA) is 12.9 Å². The molecule has 2 heterocycles. The highest BCUT2D eigenvalue weighted by atomic mass is 79.9. The first-order chi connectivity index (χ1) is 6.70. The van der Waals surface area contributed by atoms with Crippen LogP contribution in [0.4, 0.5) is 0 Å². The van der Waals surface area contributed by atoms with Crippen molar-refractivity contribution in [3.63, 3.8) is 0 Å². The van der Waals surface area contributed by atoms with Gasteiger partial charge in [0.15, 0.2) is 0 Å². The molecule has 0 aliphatic heterocycles. The number of hydrogen-bond donors (Lipinski definition) is 0. The first-order valence-electron chi connectivity index (χ1n) is 3.98. The van der Waals surface area contributed by atoms with E-state index < -0.39 is 0 Å². The zero-order chi connectivity index (χ0) is 10.1. The van der Waals surface area contributed by atoms with E-state index in [1.165, 1.54) is 4.88 Å². The molecular weight excluding hydrogens is 302 g/mol. The number of alkyl halides is 1. The molecule has 0 unspecified atom stereocenters. The van der Waals surface area contributed by atoms with Gasteiger partial charge in [-0.2, -0.15) is 0 Å². The fourth-order valence-corrected chi connectivity index (χ4v) is 3.75. The van der Waals surface area contributed by atoms with E-state index >= 15 is 0 Å². The molecule has 0 aliphatic rings. The Hall–Kier alpha value is 0.1000. The van der Waals surface area contributed by atoms with Crippen molar-refractivity contribution in [1.82, 2.24) is 4.98 Å². The van der Waals surface area contributed by atoms with Crippen LogP contribution >= 0.6 is 50.2 Å². The lowest BCUT2D eigenvalue weighted by atomic mass is 10.3. The number of rotatable bonds is 2. The minimum absolute atomic E-state index is 0.538. The van der Waals surface area contributed by atoms with Gasteiger partial charge in [-0.05, 0) is 35.0 Å². The minimum Gasteiger partial charge on any atom is -0.240 e. The predicted molar refractivity (Wildman–Crippen MR) is 67.4 cm³/mol. The SMILES string of the molecule is Cc1nc(-c2ccc(Br)s2)c(CCl)s1. The van der Waals surface area contributed by atoms with Crippen molar-refractivity contribution in [2.45, 2.75) is 12.8 Å². The Morgan fingerprint density at radius 2 is 2.21 bits per heavy atom. The summed E-state index contributed by atoms with van der Waals surface area (Å²) in [5.74, 6) is 0.538. The Bertz CT molecular complexity index is 449.